The molecule has 2 heterocycles. The molecule has 0 saturated carbocycles. The van der Waals surface area contributed by atoms with Gasteiger partial charge < -0.3 is 15.1 Å². The van der Waals surface area contributed by atoms with Crippen molar-refractivity contribution in [1.82, 2.24) is 4.98 Å². The topological polar surface area (TPSA) is 48.5 Å². The zero-order chi connectivity index (χ0) is 19.3. The van der Waals surface area contributed by atoms with E-state index in [9.17, 15) is 4.79 Å². The molecule has 0 aliphatic carbocycles. The molecule has 142 valence electrons. The van der Waals surface area contributed by atoms with Crippen LogP contribution in [-0.4, -0.2) is 37.1 Å². The van der Waals surface area contributed by atoms with Crippen LogP contribution in [0, 0.1) is 6.92 Å². The Balaban J connectivity index is 1.36. The van der Waals surface area contributed by atoms with Gasteiger partial charge in [0.05, 0.1) is 0 Å². The standard InChI is InChI=1S/C23H24N4O/c1-18-6-2-3-7-21(18)23(28)25-19-9-11-20(12-10-19)26-14-16-27(17-15-26)22-8-4-5-13-24-22/h2-13H,14-17H2,1H3,(H,25,28). The summed E-state index contributed by atoms with van der Waals surface area (Å²) in [5.41, 5.74) is 3.67. The fraction of sp³-hybridized carbons (Fsp3) is 0.217. The third-order valence-corrected chi connectivity index (χ3v) is 5.13. The second-order valence-corrected chi connectivity index (χ2v) is 6.98. The minimum absolute atomic E-state index is 0.0742. The van der Waals surface area contributed by atoms with E-state index in [1.54, 1.807) is 0 Å². The SMILES string of the molecule is Cc1ccccc1C(=O)Nc1ccc(N2CCN(c3ccccn3)CC2)cc1. The normalized spacial score (nSPS) is 14.0. The first-order valence-electron chi connectivity index (χ1n) is 9.59. The second-order valence-electron chi connectivity index (χ2n) is 6.98. The van der Waals surface area contributed by atoms with Crippen LogP contribution >= 0.6 is 0 Å². The van der Waals surface area contributed by atoms with Crippen LogP contribution in [0.25, 0.3) is 0 Å². The molecule has 4 rings (SSSR count). The second kappa shape index (κ2) is 8.13. The molecular weight excluding hydrogens is 348 g/mol. The minimum atomic E-state index is -0.0742. The maximum atomic E-state index is 12.5. The summed E-state index contributed by atoms with van der Waals surface area (Å²) < 4.78 is 0. The summed E-state index contributed by atoms with van der Waals surface area (Å²) in [5.74, 6) is 0.964. The number of amides is 1. The molecule has 3 aromatic rings. The van der Waals surface area contributed by atoms with Crippen LogP contribution in [0.15, 0.2) is 72.9 Å². The molecule has 1 fully saturated rings. The molecule has 1 aliphatic heterocycles. The fourth-order valence-electron chi connectivity index (χ4n) is 3.52. The lowest BCUT2D eigenvalue weighted by atomic mass is 10.1. The number of piperazine rings is 1. The van der Waals surface area contributed by atoms with Gasteiger partial charge in [0, 0.05) is 49.3 Å². The van der Waals surface area contributed by atoms with Gasteiger partial charge in [-0.3, -0.25) is 4.79 Å². The molecule has 1 aromatic heterocycles. The Labute approximate surface area is 165 Å². The van der Waals surface area contributed by atoms with Crippen LogP contribution < -0.4 is 15.1 Å². The third kappa shape index (κ3) is 3.98. The van der Waals surface area contributed by atoms with Gasteiger partial charge in [-0.1, -0.05) is 24.3 Å². The number of hydrogen-bond donors (Lipinski definition) is 1. The van der Waals surface area contributed by atoms with E-state index in [2.05, 4.69) is 38.3 Å². The summed E-state index contributed by atoms with van der Waals surface area (Å²) in [6.45, 7) is 5.74. The smallest absolute Gasteiger partial charge is 0.255 e. The van der Waals surface area contributed by atoms with Gasteiger partial charge in [-0.25, -0.2) is 4.98 Å². The van der Waals surface area contributed by atoms with Crippen molar-refractivity contribution in [2.45, 2.75) is 6.92 Å². The Kier molecular flexibility index (Phi) is 5.24. The maximum Gasteiger partial charge on any atom is 0.255 e. The lowest BCUT2D eigenvalue weighted by molar-refractivity contribution is 0.102. The van der Waals surface area contributed by atoms with Gasteiger partial charge in [-0.05, 0) is 55.0 Å². The number of nitrogens with zero attached hydrogens (tertiary/aromatic N) is 3. The number of pyridine rings is 1. The summed E-state index contributed by atoms with van der Waals surface area (Å²) in [4.78, 5) is 21.6. The number of benzene rings is 2. The van der Waals surface area contributed by atoms with E-state index in [0.29, 0.717) is 5.56 Å². The Hall–Kier alpha value is -3.34. The molecule has 1 aliphatic rings. The summed E-state index contributed by atoms with van der Waals surface area (Å²) in [5, 5.41) is 2.98. The van der Waals surface area contributed by atoms with E-state index in [-0.39, 0.29) is 5.91 Å². The number of anilines is 3. The Morgan fingerprint density at radius 2 is 1.54 bits per heavy atom. The predicted octanol–water partition coefficient (Wildman–Crippen LogP) is 3.97. The van der Waals surface area contributed by atoms with Gasteiger partial charge in [0.2, 0.25) is 0 Å². The van der Waals surface area contributed by atoms with Gasteiger partial charge in [-0.15, -0.1) is 0 Å². The highest BCUT2D eigenvalue weighted by Crippen LogP contribution is 2.22. The van der Waals surface area contributed by atoms with Gasteiger partial charge in [0.15, 0.2) is 0 Å². The molecule has 28 heavy (non-hydrogen) atoms. The average Bonchev–Trinajstić information content (AvgIpc) is 2.75. The van der Waals surface area contributed by atoms with Crippen LogP contribution in [0.3, 0.4) is 0 Å². The van der Waals surface area contributed by atoms with Gasteiger partial charge in [0.1, 0.15) is 5.82 Å². The Morgan fingerprint density at radius 3 is 2.21 bits per heavy atom. The zero-order valence-corrected chi connectivity index (χ0v) is 16.0. The highest BCUT2D eigenvalue weighted by Gasteiger charge is 2.18. The molecule has 0 bridgehead atoms. The number of hydrogen-bond acceptors (Lipinski definition) is 4. The highest BCUT2D eigenvalue weighted by molar-refractivity contribution is 6.05. The summed E-state index contributed by atoms with van der Waals surface area (Å²) in [7, 11) is 0. The lowest BCUT2D eigenvalue weighted by Crippen LogP contribution is -2.46. The first-order chi connectivity index (χ1) is 13.7. The Morgan fingerprint density at radius 1 is 0.857 bits per heavy atom. The molecule has 0 spiro atoms. The summed E-state index contributed by atoms with van der Waals surface area (Å²) in [6.07, 6.45) is 1.84. The predicted molar refractivity (Wildman–Crippen MR) is 114 cm³/mol. The molecule has 0 radical (unpaired) electrons. The van der Waals surface area contributed by atoms with Crippen molar-refractivity contribution in [3.63, 3.8) is 0 Å². The number of nitrogens with one attached hydrogen (secondary N) is 1. The van der Waals surface area contributed by atoms with E-state index in [1.807, 2.05) is 61.7 Å². The highest BCUT2D eigenvalue weighted by atomic mass is 16.1. The summed E-state index contributed by atoms with van der Waals surface area (Å²) >= 11 is 0. The summed E-state index contributed by atoms with van der Waals surface area (Å²) in [6, 6.07) is 21.7. The lowest BCUT2D eigenvalue weighted by Gasteiger charge is -2.36. The van der Waals surface area contributed by atoms with Crippen molar-refractivity contribution in [3.05, 3.63) is 84.1 Å². The van der Waals surface area contributed by atoms with Crippen molar-refractivity contribution in [3.8, 4) is 0 Å². The quantitative estimate of drug-likeness (QED) is 0.753. The van der Waals surface area contributed by atoms with Crippen LogP contribution in [0.5, 0.6) is 0 Å². The van der Waals surface area contributed by atoms with Crippen molar-refractivity contribution in [1.29, 1.82) is 0 Å². The monoisotopic (exact) mass is 372 g/mol. The largest absolute Gasteiger partial charge is 0.368 e. The van der Waals surface area contributed by atoms with Crippen molar-refractivity contribution in [2.24, 2.45) is 0 Å². The van der Waals surface area contributed by atoms with Gasteiger partial charge >= 0.3 is 0 Å². The molecule has 1 amide bonds. The molecule has 1 N–H and O–H groups in total. The van der Waals surface area contributed by atoms with E-state index in [0.717, 1.165) is 43.2 Å². The zero-order valence-electron chi connectivity index (χ0n) is 16.0. The molecule has 5 nitrogen and oxygen atoms in total. The number of aromatic nitrogens is 1. The van der Waals surface area contributed by atoms with E-state index in [4.69, 9.17) is 0 Å². The maximum absolute atomic E-state index is 12.5. The molecule has 2 aromatic carbocycles. The molecule has 1 saturated heterocycles. The minimum Gasteiger partial charge on any atom is -0.368 e. The molecule has 5 heteroatoms. The fourth-order valence-corrected chi connectivity index (χ4v) is 3.52. The average molecular weight is 372 g/mol. The number of rotatable bonds is 4. The first kappa shape index (κ1) is 18.0. The van der Waals surface area contributed by atoms with Crippen LogP contribution in [0.4, 0.5) is 17.2 Å². The van der Waals surface area contributed by atoms with E-state index >= 15 is 0 Å². The van der Waals surface area contributed by atoms with Crippen molar-refractivity contribution in [2.75, 3.05) is 41.3 Å². The number of carbonyl (C=O) groups is 1. The van der Waals surface area contributed by atoms with Crippen molar-refractivity contribution < 1.29 is 4.79 Å². The van der Waals surface area contributed by atoms with E-state index < -0.39 is 0 Å². The van der Waals surface area contributed by atoms with Crippen molar-refractivity contribution >= 4 is 23.1 Å². The Bertz CT molecular complexity index is 932. The molecule has 0 unspecified atom stereocenters. The van der Waals surface area contributed by atoms with Crippen LogP contribution in [0.2, 0.25) is 0 Å². The third-order valence-electron chi connectivity index (χ3n) is 5.13. The number of carbonyl (C=O) groups excluding carboxylic acids is 1. The number of aryl methyl sites for hydroxylation is 1. The first-order valence-corrected chi connectivity index (χ1v) is 9.59. The van der Waals surface area contributed by atoms with E-state index in [1.165, 1.54) is 5.69 Å². The van der Waals surface area contributed by atoms with Gasteiger partial charge in [-0.2, -0.15) is 0 Å². The molecule has 0 atom stereocenters. The van der Waals surface area contributed by atoms with Crippen LogP contribution in [-0.2, 0) is 0 Å². The molecular formula is C23H24N4O. The van der Waals surface area contributed by atoms with Crippen LogP contribution in [0.1, 0.15) is 15.9 Å². The van der Waals surface area contributed by atoms with Gasteiger partial charge in [0.25, 0.3) is 5.91 Å².